The quantitative estimate of drug-likeness (QED) is 0.113. The Morgan fingerprint density at radius 2 is 0.660 bits per heavy atom. The van der Waals surface area contributed by atoms with Gasteiger partial charge in [0.1, 0.15) is 0 Å². The fourth-order valence-electron chi connectivity index (χ4n) is 16.9. The van der Waals surface area contributed by atoms with Gasteiger partial charge in [-0.1, -0.05) is 222 Å². The van der Waals surface area contributed by atoms with E-state index in [-0.39, 0.29) is 11.8 Å². The molecule has 2 aromatic heterocycles. The standard InChI is InChI=1S/C90H74N4/c1-57(2)77-55-87(91(79-43-23-31-61-29-11-13-33-65(61)79)63-45-47-71-69-37-17-21-41-83(69)93(85(71)53-63)81-39-19-15-35-67(81)59-25-7-5-8-26-59)75-52-50-74-78(58(3)4)56-88(76-51-49-73(77)89(75)90(74)76)92(80-44-24-32-62-30-12-14-34-66(62)80)64-46-48-72-70-38-18-22-42-84(70)94(86(72)54-64)82-40-20-16-36-68(82)60-27-9-6-10-28-60/h5-10,15-28,31-32,35-58H,11-14,29-30,33-34H2,1-4H3. The summed E-state index contributed by atoms with van der Waals surface area (Å²) in [5.41, 5.74) is 27.8. The highest BCUT2D eigenvalue weighted by atomic mass is 15.2. The Hall–Kier alpha value is -10.7. The van der Waals surface area contributed by atoms with Crippen molar-refractivity contribution in [1.29, 1.82) is 0 Å². The second-order valence-electron chi connectivity index (χ2n) is 27.1. The molecule has 4 heteroatoms. The average Bonchev–Trinajstić information content (AvgIpc) is 0.804. The molecule has 14 aromatic carbocycles. The monoisotopic (exact) mass is 1210 g/mol. The van der Waals surface area contributed by atoms with Crippen molar-refractivity contribution in [3.05, 3.63) is 300 Å². The van der Waals surface area contributed by atoms with Crippen molar-refractivity contribution < 1.29 is 0 Å². The Morgan fingerprint density at radius 1 is 0.287 bits per heavy atom. The summed E-state index contributed by atoms with van der Waals surface area (Å²) in [5, 5.41) is 12.8. The van der Waals surface area contributed by atoms with Crippen LogP contribution in [0.2, 0.25) is 0 Å². The first-order chi connectivity index (χ1) is 46.3. The number of aromatic nitrogens is 2. The van der Waals surface area contributed by atoms with Crippen molar-refractivity contribution in [3.8, 4) is 33.6 Å². The van der Waals surface area contributed by atoms with Gasteiger partial charge in [0.15, 0.2) is 0 Å². The van der Waals surface area contributed by atoms with Crippen molar-refractivity contribution in [1.82, 2.24) is 9.13 Å². The zero-order valence-corrected chi connectivity index (χ0v) is 54.0. The largest absolute Gasteiger partial charge is 0.309 e. The van der Waals surface area contributed by atoms with E-state index >= 15 is 0 Å². The van der Waals surface area contributed by atoms with Crippen molar-refractivity contribution in [2.45, 2.75) is 90.9 Å². The summed E-state index contributed by atoms with van der Waals surface area (Å²) in [5.74, 6) is 0.465. The molecule has 0 aliphatic heterocycles. The van der Waals surface area contributed by atoms with Gasteiger partial charge in [-0.3, -0.25) is 0 Å². The van der Waals surface area contributed by atoms with Gasteiger partial charge in [-0.15, -0.1) is 0 Å². The van der Waals surface area contributed by atoms with E-state index in [0.29, 0.717) is 0 Å². The van der Waals surface area contributed by atoms with Crippen molar-refractivity contribution >= 4 is 110 Å². The third-order valence-corrected chi connectivity index (χ3v) is 21.2. The predicted octanol–water partition coefficient (Wildman–Crippen LogP) is 25.1. The summed E-state index contributed by atoms with van der Waals surface area (Å²) in [6.07, 6.45) is 9.05. The number of benzene rings is 14. The second-order valence-corrected chi connectivity index (χ2v) is 27.1. The van der Waals surface area contributed by atoms with Crippen LogP contribution in [0.3, 0.4) is 0 Å². The van der Waals surface area contributed by atoms with Crippen molar-refractivity contribution in [3.63, 3.8) is 0 Å². The molecule has 0 fully saturated rings. The van der Waals surface area contributed by atoms with E-state index in [4.69, 9.17) is 0 Å². The molecule has 0 saturated heterocycles. The van der Waals surface area contributed by atoms with Gasteiger partial charge in [0.05, 0.1) is 44.8 Å². The molecule has 18 rings (SSSR count). The molecule has 0 radical (unpaired) electrons. The Labute approximate surface area is 550 Å². The maximum absolute atomic E-state index is 2.68. The normalized spacial score (nSPS) is 13.4. The molecule has 2 aliphatic rings. The SMILES string of the molecule is CC(C)c1cc(N(c2ccc3c4ccccc4n(-c4ccccc4-c4ccccc4)c3c2)c2cccc3c2CCCC3)c2ccc3c(C(C)C)cc(N(c4ccc5c6ccccc6n(-c6ccccc6-c6ccccc6)c5c4)c4cccc5c4CCCC5)c4ccc1c2c34. The Balaban J connectivity index is 0.921. The molecule has 0 spiro atoms. The lowest BCUT2D eigenvalue weighted by Crippen LogP contribution is -2.17. The van der Waals surface area contributed by atoms with Gasteiger partial charge in [-0.2, -0.15) is 0 Å². The first-order valence-corrected chi connectivity index (χ1v) is 34.3. The molecule has 0 bridgehead atoms. The minimum Gasteiger partial charge on any atom is -0.309 e. The van der Waals surface area contributed by atoms with Crippen LogP contribution in [0.4, 0.5) is 34.1 Å². The van der Waals surface area contributed by atoms with Gasteiger partial charge in [0, 0.05) is 66.2 Å². The lowest BCUT2D eigenvalue weighted by Gasteiger charge is -2.34. The van der Waals surface area contributed by atoms with Crippen LogP contribution in [-0.4, -0.2) is 9.13 Å². The van der Waals surface area contributed by atoms with E-state index in [1.165, 1.54) is 191 Å². The molecule has 2 heterocycles. The summed E-state index contributed by atoms with van der Waals surface area (Å²) in [4.78, 5) is 5.37. The molecule has 0 atom stereocenters. The van der Waals surface area contributed by atoms with E-state index < -0.39 is 0 Å². The molecule has 0 amide bonds. The third-order valence-electron chi connectivity index (χ3n) is 21.2. The molecule has 0 N–H and O–H groups in total. The molecule has 0 saturated carbocycles. The topological polar surface area (TPSA) is 16.3 Å². The van der Waals surface area contributed by atoms with Crippen molar-refractivity contribution in [2.75, 3.05) is 9.80 Å². The van der Waals surface area contributed by atoms with Crippen molar-refractivity contribution in [2.24, 2.45) is 0 Å². The maximum Gasteiger partial charge on any atom is 0.0562 e. The first-order valence-electron chi connectivity index (χ1n) is 34.3. The van der Waals surface area contributed by atoms with Gasteiger partial charge in [-0.25, -0.2) is 0 Å². The van der Waals surface area contributed by atoms with E-state index in [9.17, 15) is 0 Å². The Morgan fingerprint density at radius 3 is 1.11 bits per heavy atom. The molecular weight excluding hydrogens is 1140 g/mol. The second kappa shape index (κ2) is 22.6. The van der Waals surface area contributed by atoms with E-state index in [2.05, 4.69) is 314 Å². The Bertz CT molecular complexity index is 5300. The number of hydrogen-bond acceptors (Lipinski definition) is 2. The zero-order valence-electron chi connectivity index (χ0n) is 54.0. The van der Waals surface area contributed by atoms with Crippen LogP contribution in [0.15, 0.2) is 267 Å². The van der Waals surface area contributed by atoms with Gasteiger partial charge < -0.3 is 18.9 Å². The fraction of sp³-hybridized carbons (Fsp3) is 0.156. The molecule has 16 aromatic rings. The minimum absolute atomic E-state index is 0.233. The summed E-state index contributed by atoms with van der Waals surface area (Å²) < 4.78 is 5.06. The molecule has 4 nitrogen and oxygen atoms in total. The molecule has 454 valence electrons. The van der Waals surface area contributed by atoms with Crippen LogP contribution in [-0.2, 0) is 25.7 Å². The van der Waals surface area contributed by atoms with Crippen LogP contribution >= 0.6 is 0 Å². The summed E-state index contributed by atoms with van der Waals surface area (Å²) in [7, 11) is 0. The third kappa shape index (κ3) is 8.86. The van der Waals surface area contributed by atoms with E-state index in [1.54, 1.807) is 0 Å². The number of anilines is 6. The number of nitrogens with zero attached hydrogens (tertiary/aromatic N) is 4. The van der Waals surface area contributed by atoms with Gasteiger partial charge in [-0.05, 0) is 202 Å². The predicted molar refractivity (Wildman–Crippen MR) is 401 cm³/mol. The smallest absolute Gasteiger partial charge is 0.0562 e. The first kappa shape index (κ1) is 56.1. The van der Waals surface area contributed by atoms with E-state index in [0.717, 1.165) is 37.1 Å². The summed E-state index contributed by atoms with van der Waals surface area (Å²) in [6.45, 7) is 9.60. The fourth-order valence-corrected chi connectivity index (χ4v) is 16.9. The van der Waals surface area contributed by atoms with Crippen LogP contribution in [0.1, 0.15) is 98.6 Å². The van der Waals surface area contributed by atoms with Crippen LogP contribution in [0, 0.1) is 0 Å². The van der Waals surface area contributed by atoms with Gasteiger partial charge in [0.25, 0.3) is 0 Å². The number of aryl methyl sites for hydroxylation is 2. The lowest BCUT2D eigenvalue weighted by atomic mass is 9.83. The zero-order chi connectivity index (χ0) is 62.7. The van der Waals surface area contributed by atoms with Crippen LogP contribution in [0.25, 0.3) is 110 Å². The summed E-state index contributed by atoms with van der Waals surface area (Å²) >= 11 is 0. The number of fused-ring (bicyclic) bond motifs is 8. The minimum atomic E-state index is 0.233. The highest BCUT2D eigenvalue weighted by molar-refractivity contribution is 6.30. The highest BCUT2D eigenvalue weighted by Gasteiger charge is 2.31. The molecular formula is C90H74N4. The molecule has 2 aliphatic carbocycles. The number of para-hydroxylation sites is 4. The Kier molecular flexibility index (Phi) is 13.5. The van der Waals surface area contributed by atoms with Gasteiger partial charge in [0.2, 0.25) is 0 Å². The van der Waals surface area contributed by atoms with E-state index in [1.807, 2.05) is 0 Å². The molecule has 94 heavy (non-hydrogen) atoms. The van der Waals surface area contributed by atoms with Gasteiger partial charge >= 0.3 is 0 Å². The highest BCUT2D eigenvalue weighted by Crippen LogP contribution is 2.54. The van der Waals surface area contributed by atoms with Crippen LogP contribution < -0.4 is 9.80 Å². The average molecular weight is 1210 g/mol. The lowest BCUT2D eigenvalue weighted by molar-refractivity contribution is 0.686. The number of hydrogen-bond donors (Lipinski definition) is 0. The number of rotatable bonds is 12. The van der Waals surface area contributed by atoms with Crippen LogP contribution in [0.5, 0.6) is 0 Å². The maximum atomic E-state index is 2.68. The summed E-state index contributed by atoms with van der Waals surface area (Å²) in [6, 6.07) is 102. The molecule has 0 unspecified atom stereocenters.